The molecule has 0 saturated heterocycles. The molecule has 1 unspecified atom stereocenters. The van der Waals surface area contributed by atoms with Gasteiger partial charge in [-0.2, -0.15) is 0 Å². The lowest BCUT2D eigenvalue weighted by Gasteiger charge is -2.16. The van der Waals surface area contributed by atoms with Gasteiger partial charge in [-0.05, 0) is 71.1 Å². The van der Waals surface area contributed by atoms with Gasteiger partial charge in [-0.1, -0.05) is 12.1 Å². The van der Waals surface area contributed by atoms with Crippen LogP contribution in [-0.4, -0.2) is 6.10 Å². The topological polar surface area (TPSA) is 47.3 Å². The number of nitrogens with one attached hydrogen (secondary N) is 1. The number of hydrogen-bond donors (Lipinski definition) is 2. The minimum absolute atomic E-state index is 0.0212. The molecule has 5 heteroatoms. The van der Waals surface area contributed by atoms with Gasteiger partial charge in [0.05, 0.1) is 15.0 Å². The predicted octanol–water partition coefficient (Wildman–Crippen LogP) is 3.69. The van der Waals surface area contributed by atoms with Gasteiger partial charge in [-0.25, -0.2) is 5.43 Å². The Morgan fingerprint density at radius 1 is 1.21 bits per heavy atom. The second kappa shape index (κ2) is 6.69. The molecule has 102 valence electrons. The van der Waals surface area contributed by atoms with E-state index in [1.807, 2.05) is 38.1 Å². The molecule has 1 atom stereocenters. The standard InChI is InChI=1S/C14H17IN2OS/c1-9(2)18-12-5-3-10(4-6-12)14(17-16)11-7-13(15)19-8-11/h3-9,14,17H,16H2,1-2H3. The minimum Gasteiger partial charge on any atom is -0.491 e. The number of benzene rings is 1. The van der Waals surface area contributed by atoms with Crippen molar-refractivity contribution in [3.8, 4) is 5.75 Å². The van der Waals surface area contributed by atoms with Crippen LogP contribution in [0.25, 0.3) is 0 Å². The summed E-state index contributed by atoms with van der Waals surface area (Å²) in [5.41, 5.74) is 5.19. The van der Waals surface area contributed by atoms with Gasteiger partial charge in [0, 0.05) is 0 Å². The van der Waals surface area contributed by atoms with Crippen molar-refractivity contribution in [2.24, 2.45) is 5.84 Å². The second-order valence-electron chi connectivity index (χ2n) is 4.52. The molecule has 19 heavy (non-hydrogen) atoms. The molecule has 0 radical (unpaired) electrons. The quantitative estimate of drug-likeness (QED) is 0.467. The van der Waals surface area contributed by atoms with E-state index in [-0.39, 0.29) is 12.1 Å². The van der Waals surface area contributed by atoms with Crippen LogP contribution in [0, 0.1) is 2.88 Å². The monoisotopic (exact) mass is 388 g/mol. The van der Waals surface area contributed by atoms with Gasteiger partial charge in [0.25, 0.3) is 0 Å². The first-order chi connectivity index (χ1) is 9.10. The number of halogens is 1. The largest absolute Gasteiger partial charge is 0.491 e. The molecule has 3 N–H and O–H groups in total. The van der Waals surface area contributed by atoms with Crippen LogP contribution in [0.2, 0.25) is 0 Å². The van der Waals surface area contributed by atoms with E-state index in [9.17, 15) is 0 Å². The Morgan fingerprint density at radius 3 is 2.37 bits per heavy atom. The van der Waals surface area contributed by atoms with E-state index in [2.05, 4.69) is 39.5 Å². The van der Waals surface area contributed by atoms with Crippen molar-refractivity contribution in [1.29, 1.82) is 0 Å². The SMILES string of the molecule is CC(C)Oc1ccc(C(NN)c2csc(I)c2)cc1. The summed E-state index contributed by atoms with van der Waals surface area (Å²) in [6.45, 7) is 4.04. The summed E-state index contributed by atoms with van der Waals surface area (Å²) >= 11 is 4.04. The van der Waals surface area contributed by atoms with Gasteiger partial charge >= 0.3 is 0 Å². The van der Waals surface area contributed by atoms with Crippen molar-refractivity contribution >= 4 is 33.9 Å². The third-order valence-corrected chi connectivity index (χ3v) is 4.48. The van der Waals surface area contributed by atoms with Gasteiger partial charge in [0.1, 0.15) is 5.75 Å². The maximum absolute atomic E-state index is 5.69. The van der Waals surface area contributed by atoms with Crippen LogP contribution in [0.3, 0.4) is 0 Å². The minimum atomic E-state index is 0.0212. The van der Waals surface area contributed by atoms with E-state index in [4.69, 9.17) is 10.6 Å². The molecule has 2 rings (SSSR count). The molecule has 0 aliphatic rings. The van der Waals surface area contributed by atoms with Gasteiger partial charge in [-0.15, -0.1) is 11.3 Å². The average Bonchev–Trinajstić information content (AvgIpc) is 2.78. The van der Waals surface area contributed by atoms with Crippen molar-refractivity contribution in [3.05, 3.63) is 49.7 Å². The van der Waals surface area contributed by atoms with Crippen LogP contribution >= 0.6 is 33.9 Å². The molecule has 0 aliphatic heterocycles. The van der Waals surface area contributed by atoms with Crippen molar-refractivity contribution in [2.45, 2.75) is 26.0 Å². The summed E-state index contributed by atoms with van der Waals surface area (Å²) in [5.74, 6) is 6.57. The number of thiophene rings is 1. The number of rotatable bonds is 5. The Labute approximate surface area is 131 Å². The molecular formula is C14H17IN2OS. The maximum atomic E-state index is 5.69. The average molecular weight is 388 g/mol. The van der Waals surface area contributed by atoms with Gasteiger partial charge < -0.3 is 4.74 Å². The third kappa shape index (κ3) is 3.92. The summed E-state index contributed by atoms with van der Waals surface area (Å²) in [7, 11) is 0. The first-order valence-electron chi connectivity index (χ1n) is 6.07. The summed E-state index contributed by atoms with van der Waals surface area (Å²) < 4.78 is 6.90. The van der Waals surface area contributed by atoms with E-state index in [1.165, 1.54) is 8.45 Å². The van der Waals surface area contributed by atoms with Crippen LogP contribution in [0.15, 0.2) is 35.7 Å². The van der Waals surface area contributed by atoms with E-state index in [0.717, 1.165) is 11.3 Å². The van der Waals surface area contributed by atoms with Crippen molar-refractivity contribution in [1.82, 2.24) is 5.43 Å². The molecule has 0 fully saturated rings. The summed E-state index contributed by atoms with van der Waals surface area (Å²) in [4.78, 5) is 0. The Morgan fingerprint density at radius 2 is 1.89 bits per heavy atom. The highest BCUT2D eigenvalue weighted by atomic mass is 127. The number of hydrogen-bond acceptors (Lipinski definition) is 4. The van der Waals surface area contributed by atoms with E-state index >= 15 is 0 Å². The molecule has 1 heterocycles. The predicted molar refractivity (Wildman–Crippen MR) is 88.4 cm³/mol. The fourth-order valence-corrected chi connectivity index (χ4v) is 3.27. The molecular weight excluding hydrogens is 371 g/mol. The van der Waals surface area contributed by atoms with E-state index in [0.29, 0.717) is 0 Å². The Hall–Kier alpha value is -0.630. The van der Waals surface area contributed by atoms with Crippen molar-refractivity contribution < 1.29 is 4.74 Å². The van der Waals surface area contributed by atoms with Crippen molar-refractivity contribution in [3.63, 3.8) is 0 Å². The smallest absolute Gasteiger partial charge is 0.119 e. The molecule has 3 nitrogen and oxygen atoms in total. The molecule has 0 saturated carbocycles. The molecule has 2 aromatic rings. The second-order valence-corrected chi connectivity index (χ2v) is 7.32. The molecule has 0 amide bonds. The Bertz CT molecular complexity index is 524. The highest BCUT2D eigenvalue weighted by Gasteiger charge is 2.14. The fourth-order valence-electron chi connectivity index (χ4n) is 1.87. The maximum Gasteiger partial charge on any atom is 0.119 e. The zero-order valence-electron chi connectivity index (χ0n) is 10.9. The zero-order chi connectivity index (χ0) is 13.8. The van der Waals surface area contributed by atoms with E-state index < -0.39 is 0 Å². The zero-order valence-corrected chi connectivity index (χ0v) is 13.9. The lowest BCUT2D eigenvalue weighted by atomic mass is 10.0. The van der Waals surface area contributed by atoms with Gasteiger partial charge in [-0.3, -0.25) is 5.84 Å². The number of nitrogens with two attached hydrogens (primary N) is 1. The van der Waals surface area contributed by atoms with Crippen LogP contribution < -0.4 is 16.0 Å². The molecule has 0 spiro atoms. The highest BCUT2D eigenvalue weighted by molar-refractivity contribution is 14.1. The Balaban J connectivity index is 2.19. The normalized spacial score (nSPS) is 12.7. The van der Waals surface area contributed by atoms with Gasteiger partial charge in [0.2, 0.25) is 0 Å². The first kappa shape index (κ1) is 14.8. The summed E-state index contributed by atoms with van der Waals surface area (Å²) in [6.07, 6.45) is 0.188. The number of hydrazine groups is 1. The van der Waals surface area contributed by atoms with Crippen LogP contribution in [0.5, 0.6) is 5.75 Å². The molecule has 0 bridgehead atoms. The first-order valence-corrected chi connectivity index (χ1v) is 8.02. The molecule has 1 aromatic heterocycles. The third-order valence-electron chi connectivity index (χ3n) is 2.67. The lowest BCUT2D eigenvalue weighted by Crippen LogP contribution is -2.28. The molecule has 0 aliphatic carbocycles. The summed E-state index contributed by atoms with van der Waals surface area (Å²) in [5, 5.41) is 2.13. The lowest BCUT2D eigenvalue weighted by molar-refractivity contribution is 0.242. The van der Waals surface area contributed by atoms with Crippen LogP contribution in [-0.2, 0) is 0 Å². The van der Waals surface area contributed by atoms with Gasteiger partial charge in [0.15, 0.2) is 0 Å². The summed E-state index contributed by atoms with van der Waals surface area (Å²) in [6, 6.07) is 10.2. The molecule has 1 aromatic carbocycles. The highest BCUT2D eigenvalue weighted by Crippen LogP contribution is 2.28. The number of ether oxygens (including phenoxy) is 1. The van der Waals surface area contributed by atoms with Crippen LogP contribution in [0.4, 0.5) is 0 Å². The van der Waals surface area contributed by atoms with Crippen LogP contribution in [0.1, 0.15) is 31.0 Å². The van der Waals surface area contributed by atoms with E-state index in [1.54, 1.807) is 11.3 Å². The fraction of sp³-hybridized carbons (Fsp3) is 0.286. The van der Waals surface area contributed by atoms with Crippen molar-refractivity contribution in [2.75, 3.05) is 0 Å². The Kier molecular flexibility index (Phi) is 5.20.